The number of rotatable bonds is 2. The van der Waals surface area contributed by atoms with Crippen molar-refractivity contribution in [2.45, 2.75) is 52.0 Å². The lowest BCUT2D eigenvalue weighted by Crippen LogP contribution is -2.54. The van der Waals surface area contributed by atoms with Gasteiger partial charge in [0.25, 0.3) is 5.91 Å². The average Bonchev–Trinajstić information content (AvgIpc) is 2.55. The molecule has 1 heterocycles. The van der Waals surface area contributed by atoms with E-state index in [1.54, 1.807) is 12.1 Å². The Bertz CT molecular complexity index is 563. The van der Waals surface area contributed by atoms with Gasteiger partial charge in [-0.2, -0.15) is 0 Å². The predicted molar refractivity (Wildman–Crippen MR) is 86.7 cm³/mol. The third-order valence-electron chi connectivity index (χ3n) is 5.51. The SMILES string of the molecule is Cc1ccc(C(=O)C(=O)N2CC[C@H](C)[C@@H]3CCCC[C@H]32)cc1. The Balaban J connectivity index is 1.78. The van der Waals surface area contributed by atoms with E-state index in [4.69, 9.17) is 0 Å². The summed E-state index contributed by atoms with van der Waals surface area (Å²) in [7, 11) is 0. The molecule has 3 rings (SSSR count). The van der Waals surface area contributed by atoms with Gasteiger partial charge in [0, 0.05) is 18.2 Å². The van der Waals surface area contributed by atoms with Crippen molar-refractivity contribution in [3.8, 4) is 0 Å². The summed E-state index contributed by atoms with van der Waals surface area (Å²) in [4.78, 5) is 27.1. The lowest BCUT2D eigenvalue weighted by atomic mass is 9.72. The molecule has 0 spiro atoms. The molecular weight excluding hydrogens is 274 g/mol. The summed E-state index contributed by atoms with van der Waals surface area (Å²) in [5, 5.41) is 0. The number of piperidine rings is 1. The molecule has 0 bridgehead atoms. The van der Waals surface area contributed by atoms with Crippen LogP contribution in [0.2, 0.25) is 0 Å². The van der Waals surface area contributed by atoms with E-state index in [1.807, 2.05) is 24.0 Å². The molecule has 3 heteroatoms. The van der Waals surface area contributed by atoms with Crippen LogP contribution < -0.4 is 0 Å². The number of benzene rings is 1. The number of nitrogens with zero attached hydrogens (tertiary/aromatic N) is 1. The minimum absolute atomic E-state index is 0.277. The van der Waals surface area contributed by atoms with Crippen molar-refractivity contribution in [3.05, 3.63) is 35.4 Å². The molecule has 1 aliphatic carbocycles. The van der Waals surface area contributed by atoms with E-state index in [9.17, 15) is 9.59 Å². The number of fused-ring (bicyclic) bond motifs is 1. The fraction of sp³-hybridized carbons (Fsp3) is 0.579. The Morgan fingerprint density at radius 1 is 1.05 bits per heavy atom. The summed E-state index contributed by atoms with van der Waals surface area (Å²) in [6.45, 7) is 5.01. The smallest absolute Gasteiger partial charge is 0.295 e. The van der Waals surface area contributed by atoms with Crippen molar-refractivity contribution in [2.24, 2.45) is 11.8 Å². The van der Waals surface area contributed by atoms with E-state index in [2.05, 4.69) is 6.92 Å². The first-order valence-corrected chi connectivity index (χ1v) is 8.50. The topological polar surface area (TPSA) is 37.4 Å². The predicted octanol–water partition coefficient (Wildman–Crippen LogP) is 3.60. The highest BCUT2D eigenvalue weighted by Gasteiger charge is 2.40. The highest BCUT2D eigenvalue weighted by molar-refractivity contribution is 6.42. The normalized spacial score (nSPS) is 28.1. The number of carbonyl (C=O) groups excluding carboxylic acids is 2. The summed E-state index contributed by atoms with van der Waals surface area (Å²) in [5.74, 6) is 0.604. The van der Waals surface area contributed by atoms with Gasteiger partial charge in [-0.1, -0.05) is 49.6 Å². The second-order valence-corrected chi connectivity index (χ2v) is 6.98. The van der Waals surface area contributed by atoms with Gasteiger partial charge in [0.1, 0.15) is 0 Å². The summed E-state index contributed by atoms with van der Waals surface area (Å²) in [6.07, 6.45) is 5.72. The van der Waals surface area contributed by atoms with E-state index in [1.165, 1.54) is 19.3 Å². The van der Waals surface area contributed by atoms with Crippen molar-refractivity contribution < 1.29 is 9.59 Å². The Kier molecular flexibility index (Phi) is 4.32. The van der Waals surface area contributed by atoms with Crippen LogP contribution >= 0.6 is 0 Å². The standard InChI is InChI=1S/C19H25NO2/c1-13-7-9-15(10-8-13)18(21)19(22)20-12-11-14(2)16-5-3-4-6-17(16)20/h7-10,14,16-17H,3-6,11-12H2,1-2H3/t14-,16-,17+/m0/s1. The molecule has 22 heavy (non-hydrogen) atoms. The van der Waals surface area contributed by atoms with Crippen molar-refractivity contribution in [1.29, 1.82) is 0 Å². The molecule has 0 unspecified atom stereocenters. The molecule has 2 fully saturated rings. The van der Waals surface area contributed by atoms with Crippen LogP contribution in [0.5, 0.6) is 0 Å². The molecule has 1 saturated carbocycles. The maximum atomic E-state index is 12.7. The average molecular weight is 299 g/mol. The highest BCUT2D eigenvalue weighted by Crippen LogP contribution is 2.38. The molecule has 0 N–H and O–H groups in total. The number of carbonyl (C=O) groups is 2. The minimum Gasteiger partial charge on any atom is -0.333 e. The van der Waals surface area contributed by atoms with Crippen LogP contribution in [0.15, 0.2) is 24.3 Å². The van der Waals surface area contributed by atoms with Crippen LogP contribution in [0.4, 0.5) is 0 Å². The number of Topliss-reactive ketones (excluding diaryl/α,β-unsaturated/α-hetero) is 1. The third kappa shape index (κ3) is 2.81. The first-order chi connectivity index (χ1) is 10.6. The second kappa shape index (κ2) is 6.23. The van der Waals surface area contributed by atoms with Gasteiger partial charge in [-0.3, -0.25) is 9.59 Å². The zero-order chi connectivity index (χ0) is 15.7. The summed E-state index contributed by atoms with van der Waals surface area (Å²) in [6, 6.07) is 7.59. The van der Waals surface area contributed by atoms with E-state index in [0.717, 1.165) is 24.9 Å². The van der Waals surface area contributed by atoms with E-state index in [-0.39, 0.29) is 17.7 Å². The lowest BCUT2D eigenvalue weighted by molar-refractivity contribution is -0.134. The highest BCUT2D eigenvalue weighted by atomic mass is 16.2. The van der Waals surface area contributed by atoms with Crippen molar-refractivity contribution in [3.63, 3.8) is 0 Å². The summed E-state index contributed by atoms with van der Waals surface area (Å²) in [5.41, 5.74) is 1.62. The molecule has 0 aromatic heterocycles. The first kappa shape index (κ1) is 15.3. The number of amides is 1. The zero-order valence-electron chi connectivity index (χ0n) is 13.5. The Morgan fingerprint density at radius 3 is 2.45 bits per heavy atom. The molecule has 1 aliphatic heterocycles. The van der Waals surface area contributed by atoms with Gasteiger partial charge in [-0.25, -0.2) is 0 Å². The molecule has 1 aromatic carbocycles. The maximum absolute atomic E-state index is 12.7. The lowest BCUT2D eigenvalue weighted by Gasteiger charge is -2.47. The molecule has 0 radical (unpaired) electrons. The summed E-state index contributed by atoms with van der Waals surface area (Å²) >= 11 is 0. The zero-order valence-corrected chi connectivity index (χ0v) is 13.5. The molecule has 2 aliphatic rings. The van der Waals surface area contributed by atoms with Gasteiger partial charge in [-0.05, 0) is 38.0 Å². The van der Waals surface area contributed by atoms with Gasteiger partial charge in [0.15, 0.2) is 0 Å². The minimum atomic E-state index is -0.348. The van der Waals surface area contributed by atoms with Crippen LogP contribution in [0, 0.1) is 18.8 Å². The number of hydrogen-bond acceptors (Lipinski definition) is 2. The maximum Gasteiger partial charge on any atom is 0.295 e. The van der Waals surface area contributed by atoms with Crippen LogP contribution in [-0.2, 0) is 4.79 Å². The molecule has 3 atom stereocenters. The Labute approximate surface area is 132 Å². The molecule has 1 amide bonds. The van der Waals surface area contributed by atoms with Crippen molar-refractivity contribution in [1.82, 2.24) is 4.90 Å². The van der Waals surface area contributed by atoms with Gasteiger partial charge >= 0.3 is 0 Å². The van der Waals surface area contributed by atoms with Crippen molar-refractivity contribution >= 4 is 11.7 Å². The fourth-order valence-corrected chi connectivity index (χ4v) is 4.12. The van der Waals surface area contributed by atoms with Crippen LogP contribution in [0.1, 0.15) is 54.9 Å². The molecular formula is C19H25NO2. The number of aryl methyl sites for hydroxylation is 1. The molecule has 1 aromatic rings. The first-order valence-electron chi connectivity index (χ1n) is 8.50. The van der Waals surface area contributed by atoms with E-state index in [0.29, 0.717) is 17.4 Å². The van der Waals surface area contributed by atoms with Gasteiger partial charge in [-0.15, -0.1) is 0 Å². The monoisotopic (exact) mass is 299 g/mol. The third-order valence-corrected chi connectivity index (χ3v) is 5.51. The van der Waals surface area contributed by atoms with Gasteiger partial charge < -0.3 is 4.90 Å². The van der Waals surface area contributed by atoms with E-state index < -0.39 is 0 Å². The Hall–Kier alpha value is -1.64. The molecule has 1 saturated heterocycles. The quantitative estimate of drug-likeness (QED) is 0.618. The number of likely N-dealkylation sites (tertiary alicyclic amines) is 1. The van der Waals surface area contributed by atoms with Crippen LogP contribution in [0.3, 0.4) is 0 Å². The second-order valence-electron chi connectivity index (χ2n) is 6.98. The van der Waals surface area contributed by atoms with Gasteiger partial charge in [0.2, 0.25) is 5.78 Å². The largest absolute Gasteiger partial charge is 0.333 e. The number of ketones is 1. The van der Waals surface area contributed by atoms with E-state index >= 15 is 0 Å². The van der Waals surface area contributed by atoms with Crippen LogP contribution in [0.25, 0.3) is 0 Å². The summed E-state index contributed by atoms with van der Waals surface area (Å²) < 4.78 is 0. The molecule has 118 valence electrons. The van der Waals surface area contributed by atoms with Crippen molar-refractivity contribution in [2.75, 3.05) is 6.54 Å². The van der Waals surface area contributed by atoms with Gasteiger partial charge in [0.05, 0.1) is 0 Å². The van der Waals surface area contributed by atoms with Crippen LogP contribution in [-0.4, -0.2) is 29.2 Å². The Morgan fingerprint density at radius 2 is 1.73 bits per heavy atom. The molecule has 3 nitrogen and oxygen atoms in total. The fourth-order valence-electron chi connectivity index (χ4n) is 4.12. The number of hydrogen-bond donors (Lipinski definition) is 0.